The molecule has 0 unspecified atom stereocenters. The third-order valence-electron chi connectivity index (χ3n) is 0.739. The van der Waals surface area contributed by atoms with Crippen LogP contribution in [0.1, 0.15) is 0 Å². The summed E-state index contributed by atoms with van der Waals surface area (Å²) in [5, 5.41) is 16.7. The number of aliphatic hydroxyl groups is 2. The van der Waals surface area contributed by atoms with Crippen LogP contribution in [0.15, 0.2) is 0 Å². The van der Waals surface area contributed by atoms with Gasteiger partial charge in [-0.15, -0.1) is 11.8 Å². The highest BCUT2D eigenvalue weighted by molar-refractivity contribution is 7.99. The summed E-state index contributed by atoms with van der Waals surface area (Å²) >= 11 is 1.35. The molecule has 4 heteroatoms. The average molecular weight is 137 g/mol. The monoisotopic (exact) mass is 137 g/mol. The topological polar surface area (TPSA) is 66.5 Å². The second kappa shape index (κ2) is 5.37. The van der Waals surface area contributed by atoms with E-state index in [1.807, 2.05) is 0 Å². The quantitative estimate of drug-likeness (QED) is 0.434. The minimum atomic E-state index is -0.0972. The highest BCUT2D eigenvalue weighted by atomic mass is 32.2. The van der Waals surface area contributed by atoms with Gasteiger partial charge < -0.3 is 15.9 Å². The van der Waals surface area contributed by atoms with Crippen molar-refractivity contribution in [2.75, 3.05) is 19.1 Å². The Balaban J connectivity index is 3.07. The molecule has 0 aliphatic carbocycles. The van der Waals surface area contributed by atoms with Gasteiger partial charge in [0.2, 0.25) is 0 Å². The molecule has 0 atom stereocenters. The summed E-state index contributed by atoms with van der Waals surface area (Å²) in [7, 11) is 0. The summed E-state index contributed by atoms with van der Waals surface area (Å²) in [6, 6.07) is 0. The Labute approximate surface area is 52.9 Å². The number of rotatable bonds is 4. The summed E-state index contributed by atoms with van der Waals surface area (Å²) in [5.74, 6) is 0.450. The molecule has 0 amide bonds. The zero-order valence-corrected chi connectivity index (χ0v) is 5.40. The first-order chi connectivity index (χ1) is 3.85. The van der Waals surface area contributed by atoms with Crippen molar-refractivity contribution < 1.29 is 10.2 Å². The number of aliphatic hydroxyl groups excluding tert-OH is 2. The highest BCUT2D eigenvalue weighted by Gasteiger charge is 2.02. The Morgan fingerprint density at radius 3 is 2.00 bits per heavy atom. The van der Waals surface area contributed by atoms with Crippen LogP contribution in [0, 0.1) is 0 Å². The van der Waals surface area contributed by atoms with Gasteiger partial charge >= 0.3 is 0 Å². The van der Waals surface area contributed by atoms with Gasteiger partial charge in [-0.05, 0) is 0 Å². The molecule has 0 aliphatic rings. The van der Waals surface area contributed by atoms with Gasteiger partial charge in [-0.25, -0.2) is 0 Å². The zero-order valence-electron chi connectivity index (χ0n) is 4.58. The van der Waals surface area contributed by atoms with E-state index in [0.717, 1.165) is 0 Å². The number of thioether (sulfide) groups is 1. The molecule has 8 heavy (non-hydrogen) atoms. The van der Waals surface area contributed by atoms with E-state index in [1.54, 1.807) is 0 Å². The van der Waals surface area contributed by atoms with Gasteiger partial charge in [0.15, 0.2) is 0 Å². The van der Waals surface area contributed by atoms with Gasteiger partial charge in [0, 0.05) is 5.88 Å². The molecule has 50 valence electrons. The van der Waals surface area contributed by atoms with Gasteiger partial charge in [-0.3, -0.25) is 0 Å². The lowest BCUT2D eigenvalue weighted by Gasteiger charge is -2.06. The Hall–Kier alpha value is 0.230. The predicted molar refractivity (Wildman–Crippen MR) is 34.6 cm³/mol. The maximum Gasteiger partial charge on any atom is 0.0572 e. The lowest BCUT2D eigenvalue weighted by Crippen LogP contribution is -2.15. The van der Waals surface area contributed by atoms with Crippen molar-refractivity contribution in [3.05, 3.63) is 0 Å². The second-order valence-corrected chi connectivity index (χ2v) is 2.65. The van der Waals surface area contributed by atoms with E-state index in [-0.39, 0.29) is 18.5 Å². The summed E-state index contributed by atoms with van der Waals surface area (Å²) in [5.41, 5.74) is 5.12. The third-order valence-corrected chi connectivity index (χ3v) is 1.70. The number of nitrogens with two attached hydrogens (primary N) is 1. The first-order valence-electron chi connectivity index (χ1n) is 2.38. The van der Waals surface area contributed by atoms with Crippen LogP contribution in [-0.2, 0) is 0 Å². The highest BCUT2D eigenvalue weighted by Crippen LogP contribution is 2.04. The van der Waals surface area contributed by atoms with E-state index in [2.05, 4.69) is 0 Å². The van der Waals surface area contributed by atoms with Crippen LogP contribution in [0.25, 0.3) is 0 Å². The van der Waals surface area contributed by atoms with Crippen molar-refractivity contribution in [1.29, 1.82) is 0 Å². The van der Waals surface area contributed by atoms with E-state index in [1.165, 1.54) is 11.8 Å². The fourth-order valence-electron chi connectivity index (χ4n) is 0.299. The van der Waals surface area contributed by atoms with E-state index in [4.69, 9.17) is 15.9 Å². The molecule has 0 spiro atoms. The van der Waals surface area contributed by atoms with Crippen molar-refractivity contribution in [1.82, 2.24) is 0 Å². The first-order valence-corrected chi connectivity index (χ1v) is 3.43. The Bertz CT molecular complexity index is 49.3. The van der Waals surface area contributed by atoms with E-state index < -0.39 is 0 Å². The third kappa shape index (κ3) is 3.26. The Morgan fingerprint density at radius 2 is 1.88 bits per heavy atom. The second-order valence-electron chi connectivity index (χ2n) is 1.32. The molecular weight excluding hydrogens is 126 g/mol. The maximum absolute atomic E-state index is 8.42. The van der Waals surface area contributed by atoms with E-state index in [0.29, 0.717) is 5.88 Å². The zero-order chi connectivity index (χ0) is 6.41. The average Bonchev–Trinajstić information content (AvgIpc) is 1.83. The molecule has 0 bridgehead atoms. The van der Waals surface area contributed by atoms with Gasteiger partial charge in [-0.2, -0.15) is 0 Å². The van der Waals surface area contributed by atoms with Crippen molar-refractivity contribution in [2.45, 2.75) is 5.25 Å². The molecule has 0 radical (unpaired) electrons. The van der Waals surface area contributed by atoms with Gasteiger partial charge in [-0.1, -0.05) is 0 Å². The summed E-state index contributed by atoms with van der Waals surface area (Å²) in [6.07, 6.45) is 0. The number of hydrogen-bond acceptors (Lipinski definition) is 4. The van der Waals surface area contributed by atoms with Crippen LogP contribution >= 0.6 is 11.8 Å². The predicted octanol–water partition coefficient (Wildman–Crippen LogP) is -1.01. The van der Waals surface area contributed by atoms with Crippen molar-refractivity contribution >= 4 is 11.8 Å². The normalized spacial score (nSPS) is 10.5. The van der Waals surface area contributed by atoms with Crippen molar-refractivity contribution in [3.8, 4) is 0 Å². The van der Waals surface area contributed by atoms with E-state index >= 15 is 0 Å². The van der Waals surface area contributed by atoms with Crippen molar-refractivity contribution in [2.24, 2.45) is 5.73 Å². The molecule has 0 saturated heterocycles. The largest absolute Gasteiger partial charge is 0.395 e. The molecular formula is C4H11NO2S. The molecule has 3 nitrogen and oxygen atoms in total. The number of hydrogen-bond donors (Lipinski definition) is 3. The molecule has 0 fully saturated rings. The van der Waals surface area contributed by atoms with Crippen LogP contribution in [0.3, 0.4) is 0 Å². The van der Waals surface area contributed by atoms with Gasteiger partial charge in [0.25, 0.3) is 0 Å². The smallest absolute Gasteiger partial charge is 0.0572 e. The first kappa shape index (κ1) is 8.23. The minimum Gasteiger partial charge on any atom is -0.395 e. The van der Waals surface area contributed by atoms with Crippen LogP contribution in [0.4, 0.5) is 0 Å². The summed E-state index contributed by atoms with van der Waals surface area (Å²) < 4.78 is 0. The molecule has 0 aliphatic heterocycles. The molecule has 0 aromatic heterocycles. The van der Waals surface area contributed by atoms with E-state index in [9.17, 15) is 0 Å². The summed E-state index contributed by atoms with van der Waals surface area (Å²) in [6.45, 7) is -0.00324. The molecule has 0 heterocycles. The molecule has 4 N–H and O–H groups in total. The lowest BCUT2D eigenvalue weighted by atomic mass is 10.5. The lowest BCUT2D eigenvalue weighted by molar-refractivity contribution is 0.228. The fourth-order valence-corrected chi connectivity index (χ4v) is 0.782. The Kier molecular flexibility index (Phi) is 5.52. The fraction of sp³-hybridized carbons (Fsp3) is 1.00. The van der Waals surface area contributed by atoms with Gasteiger partial charge in [0.1, 0.15) is 0 Å². The molecule has 0 rings (SSSR count). The van der Waals surface area contributed by atoms with Crippen LogP contribution in [0.5, 0.6) is 0 Å². The maximum atomic E-state index is 8.42. The summed E-state index contributed by atoms with van der Waals surface area (Å²) in [4.78, 5) is 0. The molecule has 0 aromatic carbocycles. The van der Waals surface area contributed by atoms with Crippen molar-refractivity contribution in [3.63, 3.8) is 0 Å². The SMILES string of the molecule is NCSC(CO)CO. The minimum absolute atomic E-state index is 0.00162. The van der Waals surface area contributed by atoms with Crippen LogP contribution in [-0.4, -0.2) is 34.6 Å². The van der Waals surface area contributed by atoms with Crippen LogP contribution in [0.2, 0.25) is 0 Å². The standard InChI is InChI=1S/C4H11NO2S/c5-3-8-4(1-6)2-7/h4,6-7H,1-3,5H2. The Morgan fingerprint density at radius 1 is 1.38 bits per heavy atom. The van der Waals surface area contributed by atoms with Crippen LogP contribution < -0.4 is 5.73 Å². The van der Waals surface area contributed by atoms with Gasteiger partial charge in [0.05, 0.1) is 18.5 Å². The molecule has 0 aromatic rings. The molecule has 0 saturated carbocycles.